The molecule has 0 saturated heterocycles. The predicted octanol–water partition coefficient (Wildman–Crippen LogP) is 2.29. The van der Waals surface area contributed by atoms with Gasteiger partial charge in [-0.1, -0.05) is 20.8 Å². The summed E-state index contributed by atoms with van der Waals surface area (Å²) in [5.41, 5.74) is 0.621. The first kappa shape index (κ1) is 14.7. The standard InChI is InChI=1S/C14H17N3O2/c1-14(2,3)12(18)9-16-13(19)17-11-6-4-10(8-15)5-7-11/h4-7H,9H2,1-3H3,(H2,16,17,19). The summed E-state index contributed by atoms with van der Waals surface area (Å²) in [6.45, 7) is 5.40. The maximum atomic E-state index is 11.6. The summed E-state index contributed by atoms with van der Waals surface area (Å²) in [5.74, 6) is -0.0394. The van der Waals surface area contributed by atoms with Crippen molar-refractivity contribution >= 4 is 17.5 Å². The number of nitrogens with zero attached hydrogens (tertiary/aromatic N) is 1. The minimum atomic E-state index is -0.471. The largest absolute Gasteiger partial charge is 0.331 e. The molecular weight excluding hydrogens is 242 g/mol. The van der Waals surface area contributed by atoms with Crippen molar-refractivity contribution in [3.8, 4) is 6.07 Å². The van der Waals surface area contributed by atoms with Crippen LogP contribution < -0.4 is 10.6 Å². The highest BCUT2D eigenvalue weighted by Crippen LogP contribution is 2.13. The molecule has 100 valence electrons. The zero-order valence-electron chi connectivity index (χ0n) is 11.3. The van der Waals surface area contributed by atoms with E-state index in [0.717, 1.165) is 0 Å². The number of hydrogen-bond acceptors (Lipinski definition) is 3. The van der Waals surface area contributed by atoms with E-state index in [1.165, 1.54) is 0 Å². The van der Waals surface area contributed by atoms with Crippen LogP contribution in [0.15, 0.2) is 24.3 Å². The molecule has 0 unspecified atom stereocenters. The third-order valence-corrected chi connectivity index (χ3v) is 2.52. The molecule has 0 aliphatic rings. The van der Waals surface area contributed by atoms with Crippen LogP contribution in [0.3, 0.4) is 0 Å². The molecule has 0 aliphatic carbocycles. The quantitative estimate of drug-likeness (QED) is 0.873. The lowest BCUT2D eigenvalue weighted by Gasteiger charge is -2.16. The van der Waals surface area contributed by atoms with Crippen molar-refractivity contribution in [1.82, 2.24) is 5.32 Å². The van der Waals surface area contributed by atoms with Crippen LogP contribution in [0.25, 0.3) is 0 Å². The number of ketones is 1. The summed E-state index contributed by atoms with van der Waals surface area (Å²) in [6.07, 6.45) is 0. The Morgan fingerprint density at radius 3 is 2.26 bits per heavy atom. The number of hydrogen-bond donors (Lipinski definition) is 2. The minimum absolute atomic E-state index is 0.00832. The van der Waals surface area contributed by atoms with E-state index < -0.39 is 11.4 Å². The van der Waals surface area contributed by atoms with Gasteiger partial charge in [0, 0.05) is 11.1 Å². The molecule has 1 aromatic carbocycles. The lowest BCUT2D eigenvalue weighted by molar-refractivity contribution is -0.125. The highest BCUT2D eigenvalue weighted by atomic mass is 16.2. The van der Waals surface area contributed by atoms with E-state index in [0.29, 0.717) is 11.3 Å². The monoisotopic (exact) mass is 259 g/mol. The summed E-state index contributed by atoms with van der Waals surface area (Å²) in [5, 5.41) is 13.7. The third-order valence-electron chi connectivity index (χ3n) is 2.52. The third kappa shape index (κ3) is 4.80. The molecule has 0 spiro atoms. The number of rotatable bonds is 3. The van der Waals surface area contributed by atoms with Gasteiger partial charge in [0.1, 0.15) is 0 Å². The Morgan fingerprint density at radius 1 is 1.21 bits per heavy atom. The molecular formula is C14H17N3O2. The molecule has 2 amide bonds. The maximum Gasteiger partial charge on any atom is 0.319 e. The first-order valence-corrected chi connectivity index (χ1v) is 5.91. The van der Waals surface area contributed by atoms with Crippen LogP contribution in [0.4, 0.5) is 10.5 Å². The van der Waals surface area contributed by atoms with Crippen molar-refractivity contribution in [2.45, 2.75) is 20.8 Å². The molecule has 5 heteroatoms. The summed E-state index contributed by atoms with van der Waals surface area (Å²) < 4.78 is 0. The molecule has 0 atom stereocenters. The molecule has 0 fully saturated rings. The van der Waals surface area contributed by atoms with E-state index in [-0.39, 0.29) is 12.3 Å². The van der Waals surface area contributed by atoms with Crippen LogP contribution in [-0.4, -0.2) is 18.4 Å². The van der Waals surface area contributed by atoms with Crippen LogP contribution in [0.5, 0.6) is 0 Å². The van der Waals surface area contributed by atoms with Crippen molar-refractivity contribution in [1.29, 1.82) is 5.26 Å². The van der Waals surface area contributed by atoms with Crippen molar-refractivity contribution in [3.63, 3.8) is 0 Å². The molecule has 0 aliphatic heterocycles. The number of amides is 2. The topological polar surface area (TPSA) is 82.0 Å². The Balaban J connectivity index is 2.47. The Bertz CT molecular complexity index is 507. The van der Waals surface area contributed by atoms with Gasteiger partial charge in [0.05, 0.1) is 18.2 Å². The van der Waals surface area contributed by atoms with Crippen LogP contribution in [0.1, 0.15) is 26.3 Å². The highest BCUT2D eigenvalue weighted by molar-refractivity contribution is 5.94. The molecule has 0 aromatic heterocycles. The number of urea groups is 1. The average Bonchev–Trinajstić information content (AvgIpc) is 2.35. The highest BCUT2D eigenvalue weighted by Gasteiger charge is 2.21. The summed E-state index contributed by atoms with van der Waals surface area (Å²) in [7, 11) is 0. The number of anilines is 1. The number of nitriles is 1. The second-order valence-corrected chi connectivity index (χ2v) is 5.17. The first-order valence-electron chi connectivity index (χ1n) is 5.91. The van der Waals surface area contributed by atoms with Gasteiger partial charge in [-0.05, 0) is 24.3 Å². The van der Waals surface area contributed by atoms with Crippen LogP contribution >= 0.6 is 0 Å². The molecule has 1 aromatic rings. The lowest BCUT2D eigenvalue weighted by Crippen LogP contribution is -2.37. The molecule has 19 heavy (non-hydrogen) atoms. The van der Waals surface area contributed by atoms with E-state index in [1.807, 2.05) is 6.07 Å². The molecule has 0 bridgehead atoms. The van der Waals surface area contributed by atoms with Crippen LogP contribution in [-0.2, 0) is 4.79 Å². The van der Waals surface area contributed by atoms with E-state index in [2.05, 4.69) is 10.6 Å². The Morgan fingerprint density at radius 2 is 1.79 bits per heavy atom. The predicted molar refractivity (Wildman–Crippen MR) is 72.6 cm³/mol. The molecule has 1 rings (SSSR count). The molecule has 0 saturated carbocycles. The van der Waals surface area contributed by atoms with Gasteiger partial charge in [-0.15, -0.1) is 0 Å². The second kappa shape index (κ2) is 6.01. The van der Waals surface area contributed by atoms with Crippen LogP contribution in [0.2, 0.25) is 0 Å². The Hall–Kier alpha value is -2.35. The Labute approximate surface area is 112 Å². The van der Waals surface area contributed by atoms with Crippen molar-refractivity contribution < 1.29 is 9.59 Å². The Kier molecular flexibility index (Phi) is 4.65. The van der Waals surface area contributed by atoms with Gasteiger partial charge in [-0.3, -0.25) is 4.79 Å². The molecule has 2 N–H and O–H groups in total. The summed E-state index contributed by atoms with van der Waals surface area (Å²) in [4.78, 5) is 23.2. The van der Waals surface area contributed by atoms with Gasteiger partial charge in [-0.2, -0.15) is 5.26 Å². The van der Waals surface area contributed by atoms with Gasteiger partial charge in [0.25, 0.3) is 0 Å². The maximum absolute atomic E-state index is 11.6. The molecule has 5 nitrogen and oxygen atoms in total. The molecule has 0 heterocycles. The lowest BCUT2D eigenvalue weighted by atomic mass is 9.91. The number of Topliss-reactive ketones (excluding diaryl/α,β-unsaturated/α-hetero) is 1. The van der Waals surface area contributed by atoms with E-state index >= 15 is 0 Å². The number of benzene rings is 1. The van der Waals surface area contributed by atoms with Gasteiger partial charge < -0.3 is 10.6 Å². The fourth-order valence-corrected chi connectivity index (χ4v) is 1.23. The number of carbonyl (C=O) groups is 2. The number of nitrogens with one attached hydrogen (secondary N) is 2. The van der Waals surface area contributed by atoms with E-state index in [1.54, 1.807) is 45.0 Å². The zero-order valence-corrected chi connectivity index (χ0v) is 11.3. The van der Waals surface area contributed by atoms with Crippen molar-refractivity contribution in [2.75, 3.05) is 11.9 Å². The van der Waals surface area contributed by atoms with Gasteiger partial charge >= 0.3 is 6.03 Å². The average molecular weight is 259 g/mol. The fourth-order valence-electron chi connectivity index (χ4n) is 1.23. The van der Waals surface area contributed by atoms with Gasteiger partial charge in [0.2, 0.25) is 0 Å². The normalized spacial score (nSPS) is 10.4. The van der Waals surface area contributed by atoms with E-state index in [4.69, 9.17) is 5.26 Å². The SMILES string of the molecule is CC(C)(C)C(=O)CNC(=O)Nc1ccc(C#N)cc1. The fraction of sp³-hybridized carbons (Fsp3) is 0.357. The zero-order chi connectivity index (χ0) is 14.5. The summed E-state index contributed by atoms with van der Waals surface area (Å²) >= 11 is 0. The minimum Gasteiger partial charge on any atom is -0.331 e. The van der Waals surface area contributed by atoms with Crippen molar-refractivity contribution in [2.24, 2.45) is 5.41 Å². The number of carbonyl (C=O) groups excluding carboxylic acids is 2. The van der Waals surface area contributed by atoms with Crippen LogP contribution in [0, 0.1) is 16.7 Å². The van der Waals surface area contributed by atoms with Crippen molar-refractivity contribution in [3.05, 3.63) is 29.8 Å². The van der Waals surface area contributed by atoms with Gasteiger partial charge in [0.15, 0.2) is 5.78 Å². The summed E-state index contributed by atoms with van der Waals surface area (Å²) in [6, 6.07) is 8.02. The smallest absolute Gasteiger partial charge is 0.319 e. The van der Waals surface area contributed by atoms with Gasteiger partial charge in [-0.25, -0.2) is 4.79 Å². The first-order chi connectivity index (χ1) is 8.82. The second-order valence-electron chi connectivity index (χ2n) is 5.17. The molecule has 0 radical (unpaired) electrons. The van der Waals surface area contributed by atoms with E-state index in [9.17, 15) is 9.59 Å².